The molecular weight excluding hydrogens is 355 g/mol. The summed E-state index contributed by atoms with van der Waals surface area (Å²) < 4.78 is 20.4. The molecule has 0 aromatic heterocycles. The number of carbonyl (C=O) groups is 1. The quantitative estimate of drug-likeness (QED) is 0.802. The van der Waals surface area contributed by atoms with Crippen LogP contribution in [0.4, 0.5) is 4.39 Å². The number of nitriles is 1. The molecule has 4 nitrogen and oxygen atoms in total. The van der Waals surface area contributed by atoms with Gasteiger partial charge in [-0.3, -0.25) is 4.79 Å². The van der Waals surface area contributed by atoms with E-state index in [0.717, 1.165) is 12.8 Å². The van der Waals surface area contributed by atoms with E-state index in [2.05, 4.69) is 6.92 Å². The van der Waals surface area contributed by atoms with Crippen molar-refractivity contribution in [2.45, 2.75) is 45.1 Å². The Morgan fingerprint density at radius 2 is 2.08 bits per heavy atom. The number of hydrogen-bond acceptors (Lipinski definition) is 4. The third-order valence-electron chi connectivity index (χ3n) is 5.61. The van der Waals surface area contributed by atoms with Crippen LogP contribution >= 0.6 is 11.6 Å². The van der Waals surface area contributed by atoms with Gasteiger partial charge in [0.15, 0.2) is 5.78 Å². The maximum atomic E-state index is 14.8. The third kappa shape index (κ3) is 3.02. The van der Waals surface area contributed by atoms with Crippen molar-refractivity contribution in [1.82, 2.24) is 4.90 Å². The van der Waals surface area contributed by atoms with Crippen LogP contribution in [-0.4, -0.2) is 36.5 Å². The molecule has 1 saturated heterocycles. The van der Waals surface area contributed by atoms with Gasteiger partial charge in [0.05, 0.1) is 16.3 Å². The van der Waals surface area contributed by atoms with Gasteiger partial charge in [0.2, 0.25) is 0 Å². The molecular formula is C20H22ClFN2O2. The van der Waals surface area contributed by atoms with Crippen molar-refractivity contribution >= 4 is 23.1 Å². The Morgan fingerprint density at radius 1 is 1.42 bits per heavy atom. The highest BCUT2D eigenvalue weighted by Crippen LogP contribution is 2.39. The molecule has 0 bridgehead atoms. The molecule has 26 heavy (non-hydrogen) atoms. The van der Waals surface area contributed by atoms with E-state index in [1.165, 1.54) is 0 Å². The standard InChI is InChI=1S/C20H22ClFN2O2/c1-4-12-9-14-13(18(22)17(12)21)10-16(25)15(11-23)19(14)24-7-5-20(2,26-3)6-8-24/h9H,4-8,10H2,1-3H3. The summed E-state index contributed by atoms with van der Waals surface area (Å²) in [5, 5.41) is 9.66. The molecule has 0 amide bonds. The summed E-state index contributed by atoms with van der Waals surface area (Å²) in [7, 11) is 1.69. The highest BCUT2D eigenvalue weighted by atomic mass is 35.5. The van der Waals surface area contributed by atoms with Crippen molar-refractivity contribution in [2.75, 3.05) is 20.2 Å². The van der Waals surface area contributed by atoms with E-state index in [-0.39, 0.29) is 28.4 Å². The van der Waals surface area contributed by atoms with Crippen molar-refractivity contribution < 1.29 is 13.9 Å². The summed E-state index contributed by atoms with van der Waals surface area (Å²) in [6, 6.07) is 3.89. The number of ketones is 1. The maximum absolute atomic E-state index is 14.8. The second-order valence-corrected chi connectivity index (χ2v) is 7.50. The molecule has 0 saturated carbocycles. The van der Waals surface area contributed by atoms with Crippen LogP contribution in [-0.2, 0) is 22.4 Å². The number of benzene rings is 1. The SMILES string of the molecule is CCc1cc2c(c(F)c1Cl)CC(=O)C(C#N)=C2N1CCC(C)(OC)CC1. The van der Waals surface area contributed by atoms with E-state index in [1.54, 1.807) is 7.11 Å². The highest BCUT2D eigenvalue weighted by molar-refractivity contribution is 6.31. The van der Waals surface area contributed by atoms with Gasteiger partial charge < -0.3 is 9.64 Å². The van der Waals surface area contributed by atoms with Crippen LogP contribution in [0.1, 0.15) is 43.4 Å². The number of rotatable bonds is 3. The molecule has 1 fully saturated rings. The van der Waals surface area contributed by atoms with Crippen LogP contribution in [0.25, 0.3) is 5.70 Å². The maximum Gasteiger partial charge on any atom is 0.180 e. The normalized spacial score (nSPS) is 19.4. The number of likely N-dealkylation sites (tertiary alicyclic amines) is 1. The van der Waals surface area contributed by atoms with Gasteiger partial charge in [0.25, 0.3) is 0 Å². The molecule has 1 aromatic carbocycles. The number of aryl methyl sites for hydroxylation is 1. The van der Waals surface area contributed by atoms with E-state index in [1.807, 2.05) is 24.0 Å². The zero-order valence-electron chi connectivity index (χ0n) is 15.3. The number of allylic oxidation sites excluding steroid dienone is 1. The van der Waals surface area contributed by atoms with E-state index in [0.29, 0.717) is 41.9 Å². The molecule has 0 N–H and O–H groups in total. The summed E-state index contributed by atoms with van der Waals surface area (Å²) in [6.45, 7) is 5.24. The van der Waals surface area contributed by atoms with Gasteiger partial charge >= 0.3 is 0 Å². The predicted octanol–water partition coefficient (Wildman–Crippen LogP) is 3.90. The van der Waals surface area contributed by atoms with Crippen molar-refractivity contribution in [1.29, 1.82) is 5.26 Å². The number of carbonyl (C=O) groups excluding carboxylic acids is 1. The number of ether oxygens (including phenoxy) is 1. The van der Waals surface area contributed by atoms with Crippen molar-refractivity contribution in [2.24, 2.45) is 0 Å². The van der Waals surface area contributed by atoms with Gasteiger partial charge in [-0.1, -0.05) is 18.5 Å². The molecule has 0 radical (unpaired) electrons. The summed E-state index contributed by atoms with van der Waals surface area (Å²) in [6.07, 6.45) is 1.99. The van der Waals surface area contributed by atoms with Crippen LogP contribution in [0, 0.1) is 17.1 Å². The lowest BCUT2D eigenvalue weighted by molar-refractivity contribution is -0.114. The molecule has 1 heterocycles. The molecule has 0 spiro atoms. The number of nitrogens with zero attached hydrogens (tertiary/aromatic N) is 2. The minimum atomic E-state index is -0.539. The Balaban J connectivity index is 2.13. The van der Waals surface area contributed by atoms with Crippen molar-refractivity contribution in [3.8, 4) is 6.07 Å². The van der Waals surface area contributed by atoms with E-state index in [4.69, 9.17) is 16.3 Å². The second-order valence-electron chi connectivity index (χ2n) is 7.12. The van der Waals surface area contributed by atoms with Crippen LogP contribution in [0.15, 0.2) is 11.6 Å². The molecule has 3 rings (SSSR count). The van der Waals surface area contributed by atoms with E-state index >= 15 is 0 Å². The van der Waals surface area contributed by atoms with Crippen LogP contribution in [0.5, 0.6) is 0 Å². The first-order valence-electron chi connectivity index (χ1n) is 8.83. The van der Waals surface area contributed by atoms with Gasteiger partial charge in [-0.25, -0.2) is 4.39 Å². The molecule has 6 heteroatoms. The Morgan fingerprint density at radius 3 is 2.62 bits per heavy atom. The number of methoxy groups -OCH3 is 1. The molecule has 1 aliphatic carbocycles. The summed E-state index contributed by atoms with van der Waals surface area (Å²) in [5.74, 6) is -0.892. The lowest BCUT2D eigenvalue weighted by Gasteiger charge is -2.41. The van der Waals surface area contributed by atoms with Crippen LogP contribution in [0.3, 0.4) is 0 Å². The molecule has 1 aromatic rings. The number of Topliss-reactive ketones (excluding diaryl/α,β-unsaturated/α-hetero) is 1. The summed E-state index contributed by atoms with van der Waals surface area (Å²) >= 11 is 6.14. The molecule has 1 aliphatic heterocycles. The first-order valence-corrected chi connectivity index (χ1v) is 9.20. The largest absolute Gasteiger partial charge is 0.378 e. The summed E-state index contributed by atoms with van der Waals surface area (Å²) in [4.78, 5) is 14.5. The average Bonchev–Trinajstić information content (AvgIpc) is 2.65. The van der Waals surface area contributed by atoms with E-state index < -0.39 is 5.82 Å². The fourth-order valence-corrected chi connectivity index (χ4v) is 4.03. The lowest BCUT2D eigenvalue weighted by Crippen LogP contribution is -2.44. The topological polar surface area (TPSA) is 53.3 Å². The smallest absolute Gasteiger partial charge is 0.180 e. The molecule has 138 valence electrons. The highest BCUT2D eigenvalue weighted by Gasteiger charge is 2.36. The fourth-order valence-electron chi connectivity index (χ4n) is 3.72. The Bertz CT molecular complexity index is 833. The number of piperidine rings is 1. The van der Waals surface area contributed by atoms with Gasteiger partial charge in [-0.2, -0.15) is 5.26 Å². The summed E-state index contributed by atoms with van der Waals surface area (Å²) in [5.41, 5.74) is 2.05. The minimum Gasteiger partial charge on any atom is -0.378 e. The minimum absolute atomic E-state index is 0.0735. The molecule has 0 unspecified atom stereocenters. The third-order valence-corrected chi connectivity index (χ3v) is 6.02. The van der Waals surface area contributed by atoms with Gasteiger partial charge in [-0.05, 0) is 37.8 Å². The Hall–Kier alpha value is -1.90. The van der Waals surface area contributed by atoms with Gasteiger partial charge in [0, 0.05) is 37.7 Å². The van der Waals surface area contributed by atoms with Crippen LogP contribution < -0.4 is 0 Å². The molecule has 0 atom stereocenters. The lowest BCUT2D eigenvalue weighted by atomic mass is 9.84. The van der Waals surface area contributed by atoms with E-state index in [9.17, 15) is 14.4 Å². The fraction of sp³-hybridized carbons (Fsp3) is 0.500. The van der Waals surface area contributed by atoms with Gasteiger partial charge in [0.1, 0.15) is 17.5 Å². The predicted molar refractivity (Wildman–Crippen MR) is 98.3 cm³/mol. The first-order chi connectivity index (χ1) is 12.3. The van der Waals surface area contributed by atoms with Crippen molar-refractivity contribution in [3.63, 3.8) is 0 Å². The van der Waals surface area contributed by atoms with Gasteiger partial charge in [-0.15, -0.1) is 0 Å². The first kappa shape index (κ1) is 18.9. The zero-order chi connectivity index (χ0) is 19.1. The molecule has 2 aliphatic rings. The van der Waals surface area contributed by atoms with Crippen LogP contribution in [0.2, 0.25) is 5.02 Å². The number of fused-ring (bicyclic) bond motifs is 1. The zero-order valence-corrected chi connectivity index (χ0v) is 16.0. The second kappa shape index (κ2) is 7.02. The average molecular weight is 377 g/mol. The monoisotopic (exact) mass is 376 g/mol. The number of halogens is 2. The Labute approximate surface area is 158 Å². The Kier molecular flexibility index (Phi) is 5.09. The van der Waals surface area contributed by atoms with Crippen molar-refractivity contribution in [3.05, 3.63) is 39.2 Å². The number of hydrogen-bond donors (Lipinski definition) is 0.